The number of carbonyl (C=O) groups excluding carboxylic acids is 2. The third kappa shape index (κ3) is 4.19. The van der Waals surface area contributed by atoms with Gasteiger partial charge in [-0.3, -0.25) is 14.6 Å². The van der Waals surface area contributed by atoms with Gasteiger partial charge in [-0.05, 0) is 54.5 Å². The Bertz CT molecular complexity index is 1130. The highest BCUT2D eigenvalue weighted by Crippen LogP contribution is 2.45. The maximum atomic E-state index is 12.7. The molecular formula is C23H24N6O2. The maximum Gasteiger partial charge on any atom is 0.274 e. The van der Waals surface area contributed by atoms with Crippen molar-refractivity contribution < 1.29 is 9.59 Å². The Hall–Kier alpha value is -3.55. The second-order valence-corrected chi connectivity index (χ2v) is 8.41. The number of piperidine rings is 1. The number of carbonyl (C=O) groups is 2. The van der Waals surface area contributed by atoms with Gasteiger partial charge >= 0.3 is 0 Å². The van der Waals surface area contributed by atoms with Gasteiger partial charge in [0.15, 0.2) is 0 Å². The second-order valence-electron chi connectivity index (χ2n) is 8.41. The lowest BCUT2D eigenvalue weighted by Crippen LogP contribution is -2.30. The largest absolute Gasteiger partial charge is 0.338 e. The summed E-state index contributed by atoms with van der Waals surface area (Å²) >= 11 is 0. The van der Waals surface area contributed by atoms with Crippen molar-refractivity contribution in [2.24, 2.45) is 18.9 Å². The van der Waals surface area contributed by atoms with Gasteiger partial charge in [-0.15, -0.1) is 10.2 Å². The molecule has 31 heavy (non-hydrogen) atoms. The number of aryl methyl sites for hydroxylation is 3. The van der Waals surface area contributed by atoms with Crippen LogP contribution in [0.25, 0.3) is 0 Å². The molecule has 0 radical (unpaired) electrons. The molecule has 3 heterocycles. The van der Waals surface area contributed by atoms with Crippen LogP contribution in [0.4, 0.5) is 5.69 Å². The first-order valence-electron chi connectivity index (χ1n) is 10.6. The summed E-state index contributed by atoms with van der Waals surface area (Å²) in [5, 5.41) is 10.9. The summed E-state index contributed by atoms with van der Waals surface area (Å²) in [5.41, 5.74) is 2.53. The minimum Gasteiger partial charge on any atom is -0.338 e. The molecule has 8 nitrogen and oxygen atoms in total. The van der Waals surface area contributed by atoms with E-state index >= 15 is 0 Å². The van der Waals surface area contributed by atoms with Crippen LogP contribution in [0.2, 0.25) is 0 Å². The van der Waals surface area contributed by atoms with Crippen molar-refractivity contribution in [2.75, 3.05) is 18.4 Å². The molecule has 1 aliphatic carbocycles. The van der Waals surface area contributed by atoms with E-state index in [-0.39, 0.29) is 17.5 Å². The Kier molecular flexibility index (Phi) is 4.97. The van der Waals surface area contributed by atoms with Crippen molar-refractivity contribution in [3.63, 3.8) is 0 Å². The average Bonchev–Trinajstić information content (AvgIpc) is 3.17. The lowest BCUT2D eigenvalue weighted by molar-refractivity contribution is 0.0775. The van der Waals surface area contributed by atoms with Gasteiger partial charge in [-0.25, -0.2) is 0 Å². The molecule has 8 heteroatoms. The van der Waals surface area contributed by atoms with E-state index in [1.807, 2.05) is 40.8 Å². The monoisotopic (exact) mass is 416 g/mol. The van der Waals surface area contributed by atoms with Gasteiger partial charge in [0.1, 0.15) is 17.8 Å². The molecule has 1 aliphatic heterocycles. The molecule has 158 valence electrons. The Morgan fingerprint density at radius 3 is 2.74 bits per heavy atom. The molecule has 1 N–H and O–H groups in total. The van der Waals surface area contributed by atoms with Crippen molar-refractivity contribution >= 4 is 17.5 Å². The van der Waals surface area contributed by atoms with Crippen LogP contribution in [-0.4, -0.2) is 49.6 Å². The van der Waals surface area contributed by atoms with Gasteiger partial charge in [0.05, 0.1) is 0 Å². The smallest absolute Gasteiger partial charge is 0.274 e. The molecule has 2 fully saturated rings. The Balaban J connectivity index is 1.24. The standard InChI is InChI=1S/C23H24N6O2/c1-28-14-25-27-21(28)6-5-15-3-2-4-19(9-15)26-22(30)20-11-16(7-8-24-20)23(31)29-12-17-10-18(17)13-29/h2-4,7-9,11,14,17-18H,5-6,10,12-13H2,1H3,(H,26,30). The zero-order chi connectivity index (χ0) is 21.4. The number of aromatic nitrogens is 4. The number of likely N-dealkylation sites (tertiary alicyclic amines) is 1. The van der Waals surface area contributed by atoms with Crippen LogP contribution in [0, 0.1) is 11.8 Å². The number of hydrogen-bond acceptors (Lipinski definition) is 5. The lowest BCUT2D eigenvalue weighted by atomic mass is 10.1. The van der Waals surface area contributed by atoms with Crippen LogP contribution in [0.3, 0.4) is 0 Å². The third-order valence-electron chi connectivity index (χ3n) is 6.13. The van der Waals surface area contributed by atoms with E-state index < -0.39 is 0 Å². The molecule has 0 spiro atoms. The first-order chi connectivity index (χ1) is 15.1. The first-order valence-corrected chi connectivity index (χ1v) is 10.6. The number of amides is 2. The van der Waals surface area contributed by atoms with E-state index in [9.17, 15) is 9.59 Å². The lowest BCUT2D eigenvalue weighted by Gasteiger charge is -2.18. The van der Waals surface area contributed by atoms with Crippen LogP contribution in [0.15, 0.2) is 48.9 Å². The van der Waals surface area contributed by atoms with E-state index in [0.717, 1.165) is 37.3 Å². The van der Waals surface area contributed by atoms with Crippen LogP contribution in [0.1, 0.15) is 38.7 Å². The topological polar surface area (TPSA) is 93.0 Å². The molecule has 1 saturated carbocycles. The van der Waals surface area contributed by atoms with Gasteiger partial charge in [0, 0.05) is 44.0 Å². The van der Waals surface area contributed by atoms with Gasteiger partial charge in [-0.1, -0.05) is 12.1 Å². The van der Waals surface area contributed by atoms with Crippen molar-refractivity contribution in [3.05, 3.63) is 71.6 Å². The fraction of sp³-hybridized carbons (Fsp3) is 0.348. The number of hydrogen-bond donors (Lipinski definition) is 1. The molecule has 3 aromatic rings. The predicted octanol–water partition coefficient (Wildman–Crippen LogP) is 2.34. The first kappa shape index (κ1) is 19.4. The fourth-order valence-corrected chi connectivity index (χ4v) is 4.22. The molecular weight excluding hydrogens is 392 g/mol. The Morgan fingerprint density at radius 1 is 1.13 bits per heavy atom. The van der Waals surface area contributed by atoms with Crippen LogP contribution >= 0.6 is 0 Å². The van der Waals surface area contributed by atoms with Crippen molar-refractivity contribution in [1.29, 1.82) is 0 Å². The summed E-state index contributed by atoms with van der Waals surface area (Å²) in [5.74, 6) is 1.92. The number of fused-ring (bicyclic) bond motifs is 1. The highest BCUT2D eigenvalue weighted by molar-refractivity contribution is 6.04. The molecule has 2 atom stereocenters. The fourth-order valence-electron chi connectivity index (χ4n) is 4.22. The van der Waals surface area contributed by atoms with Gasteiger partial charge in [-0.2, -0.15) is 0 Å². The number of anilines is 1. The maximum absolute atomic E-state index is 12.7. The summed E-state index contributed by atoms with van der Waals surface area (Å²) in [6.07, 6.45) is 6.00. The van der Waals surface area contributed by atoms with Crippen molar-refractivity contribution in [1.82, 2.24) is 24.6 Å². The normalized spacial score (nSPS) is 19.2. The SMILES string of the molecule is Cn1cnnc1CCc1cccc(NC(=O)c2cc(C(=O)N3CC4CC4C3)ccn2)c1. The average molecular weight is 416 g/mol. The number of nitrogens with zero attached hydrogens (tertiary/aromatic N) is 5. The molecule has 0 bridgehead atoms. The van der Waals surface area contributed by atoms with E-state index in [2.05, 4.69) is 20.5 Å². The number of benzene rings is 1. The van der Waals surface area contributed by atoms with Crippen molar-refractivity contribution in [3.8, 4) is 0 Å². The summed E-state index contributed by atoms with van der Waals surface area (Å²) in [6, 6.07) is 11.0. The molecule has 1 aromatic carbocycles. The zero-order valence-corrected chi connectivity index (χ0v) is 17.4. The quantitative estimate of drug-likeness (QED) is 0.666. The molecule has 2 amide bonds. The van der Waals surface area contributed by atoms with E-state index in [1.165, 1.54) is 12.6 Å². The molecule has 5 rings (SSSR count). The molecule has 1 saturated heterocycles. The Morgan fingerprint density at radius 2 is 1.97 bits per heavy atom. The Labute approximate surface area is 180 Å². The summed E-state index contributed by atoms with van der Waals surface area (Å²) < 4.78 is 1.90. The van der Waals surface area contributed by atoms with E-state index in [4.69, 9.17) is 0 Å². The highest BCUT2D eigenvalue weighted by atomic mass is 16.2. The summed E-state index contributed by atoms with van der Waals surface area (Å²) in [6.45, 7) is 1.66. The minimum atomic E-state index is -0.329. The van der Waals surface area contributed by atoms with Crippen LogP contribution in [-0.2, 0) is 19.9 Å². The second kappa shape index (κ2) is 7.94. The predicted molar refractivity (Wildman–Crippen MR) is 115 cm³/mol. The number of nitrogens with one attached hydrogen (secondary N) is 1. The van der Waals surface area contributed by atoms with Crippen LogP contribution in [0.5, 0.6) is 0 Å². The number of pyridine rings is 1. The molecule has 2 aliphatic rings. The minimum absolute atomic E-state index is 0.0191. The van der Waals surface area contributed by atoms with Gasteiger partial charge in [0.2, 0.25) is 0 Å². The zero-order valence-electron chi connectivity index (χ0n) is 17.4. The third-order valence-corrected chi connectivity index (χ3v) is 6.13. The summed E-state index contributed by atoms with van der Waals surface area (Å²) in [7, 11) is 1.92. The van der Waals surface area contributed by atoms with E-state index in [0.29, 0.717) is 23.1 Å². The van der Waals surface area contributed by atoms with Gasteiger partial charge < -0.3 is 14.8 Å². The molecule has 2 unspecified atom stereocenters. The summed E-state index contributed by atoms with van der Waals surface area (Å²) in [4.78, 5) is 31.5. The molecule has 2 aromatic heterocycles. The number of rotatable bonds is 6. The van der Waals surface area contributed by atoms with Gasteiger partial charge in [0.25, 0.3) is 11.8 Å². The van der Waals surface area contributed by atoms with Crippen LogP contribution < -0.4 is 5.32 Å². The highest BCUT2D eigenvalue weighted by Gasteiger charge is 2.46. The van der Waals surface area contributed by atoms with Crippen molar-refractivity contribution in [2.45, 2.75) is 19.3 Å². The van der Waals surface area contributed by atoms with E-state index in [1.54, 1.807) is 18.5 Å².